The molecule has 0 saturated carbocycles. The van der Waals surface area contributed by atoms with Crippen molar-refractivity contribution in [1.29, 1.82) is 0 Å². The third kappa shape index (κ3) is 2.84. The molecule has 0 aromatic heterocycles. The van der Waals surface area contributed by atoms with Gasteiger partial charge in [-0.2, -0.15) is 0 Å². The van der Waals surface area contributed by atoms with Gasteiger partial charge in [-0.05, 0) is 29.3 Å². The van der Waals surface area contributed by atoms with Gasteiger partial charge in [0.25, 0.3) is 0 Å². The number of hydrogen-bond acceptors (Lipinski definition) is 3. The van der Waals surface area contributed by atoms with Gasteiger partial charge in [0.1, 0.15) is 0 Å². The lowest BCUT2D eigenvalue weighted by Crippen LogP contribution is -2.24. The molecule has 3 rings (SSSR count). The Labute approximate surface area is 144 Å². The number of carbonyl (C=O) groups is 1. The van der Waals surface area contributed by atoms with Gasteiger partial charge in [0.15, 0.2) is 11.5 Å². The zero-order chi connectivity index (χ0) is 16.6. The molecule has 120 valence electrons. The second-order valence-corrected chi connectivity index (χ2v) is 6.05. The molecule has 1 aliphatic rings. The Bertz CT molecular complexity index is 756. The predicted octanol–water partition coefficient (Wildman–Crippen LogP) is 4.48. The van der Waals surface area contributed by atoms with Crippen LogP contribution in [0.1, 0.15) is 23.5 Å². The third-order valence-corrected chi connectivity index (χ3v) is 4.60. The second-order valence-electron chi connectivity index (χ2n) is 5.23. The van der Waals surface area contributed by atoms with Crippen LogP contribution in [0.25, 0.3) is 0 Å². The minimum atomic E-state index is -0.236. The molecular weight excluding hydrogens is 337 g/mol. The van der Waals surface area contributed by atoms with Gasteiger partial charge in [-0.15, -0.1) is 0 Å². The average Bonchev–Trinajstić information content (AvgIpc) is 2.53. The first-order chi connectivity index (χ1) is 11.0. The van der Waals surface area contributed by atoms with Gasteiger partial charge >= 0.3 is 0 Å². The van der Waals surface area contributed by atoms with E-state index in [2.05, 4.69) is 5.32 Å². The quantitative estimate of drug-likeness (QED) is 0.886. The van der Waals surface area contributed by atoms with Crippen molar-refractivity contribution in [1.82, 2.24) is 0 Å². The molecule has 1 amide bonds. The van der Waals surface area contributed by atoms with E-state index in [4.69, 9.17) is 32.7 Å². The van der Waals surface area contributed by atoms with Crippen molar-refractivity contribution in [3.8, 4) is 11.5 Å². The number of carbonyl (C=O) groups excluding carboxylic acids is 1. The molecule has 2 aromatic rings. The van der Waals surface area contributed by atoms with Crippen molar-refractivity contribution in [2.75, 3.05) is 19.5 Å². The van der Waals surface area contributed by atoms with Gasteiger partial charge in [0.05, 0.1) is 14.2 Å². The van der Waals surface area contributed by atoms with Gasteiger partial charge in [-0.1, -0.05) is 29.3 Å². The summed E-state index contributed by atoms with van der Waals surface area (Å²) < 4.78 is 10.7. The molecule has 0 spiro atoms. The van der Waals surface area contributed by atoms with Crippen LogP contribution in [0, 0.1) is 0 Å². The molecule has 23 heavy (non-hydrogen) atoms. The average molecular weight is 352 g/mol. The fourth-order valence-corrected chi connectivity index (χ4v) is 3.55. The maximum atomic E-state index is 12.1. The van der Waals surface area contributed by atoms with Crippen molar-refractivity contribution in [2.45, 2.75) is 12.3 Å². The molecular formula is C17H15Cl2NO3. The number of anilines is 1. The van der Waals surface area contributed by atoms with Crippen LogP contribution in [0.3, 0.4) is 0 Å². The van der Waals surface area contributed by atoms with Crippen molar-refractivity contribution in [2.24, 2.45) is 0 Å². The Morgan fingerprint density at radius 1 is 1.09 bits per heavy atom. The van der Waals surface area contributed by atoms with Crippen molar-refractivity contribution in [3.05, 3.63) is 51.5 Å². The van der Waals surface area contributed by atoms with E-state index in [0.29, 0.717) is 27.2 Å². The standard InChI is InChI=1S/C17H15Cl2NO3/c1-22-14-6-9-10(17-11(18)4-3-5-12(17)19)7-16(21)20-13(9)8-15(14)23-2/h3-6,8,10H,7H2,1-2H3,(H,20,21)/t10-/m1/s1. The van der Waals surface area contributed by atoms with Gasteiger partial charge in [0, 0.05) is 34.1 Å². The highest BCUT2D eigenvalue weighted by molar-refractivity contribution is 6.36. The molecule has 1 atom stereocenters. The van der Waals surface area contributed by atoms with Crippen LogP contribution in [-0.4, -0.2) is 20.1 Å². The fraction of sp³-hybridized carbons (Fsp3) is 0.235. The van der Waals surface area contributed by atoms with E-state index in [-0.39, 0.29) is 18.2 Å². The summed E-state index contributed by atoms with van der Waals surface area (Å²) in [5.74, 6) is 0.818. The summed E-state index contributed by atoms with van der Waals surface area (Å²) in [7, 11) is 3.13. The van der Waals surface area contributed by atoms with Crippen molar-refractivity contribution >= 4 is 34.8 Å². The number of benzene rings is 2. The number of fused-ring (bicyclic) bond motifs is 1. The first kappa shape index (κ1) is 16.0. The summed E-state index contributed by atoms with van der Waals surface area (Å²) in [5.41, 5.74) is 2.33. The molecule has 1 N–H and O–H groups in total. The molecule has 0 unspecified atom stereocenters. The summed E-state index contributed by atoms with van der Waals surface area (Å²) in [6, 6.07) is 8.94. The summed E-state index contributed by atoms with van der Waals surface area (Å²) in [5, 5.41) is 3.94. The van der Waals surface area contributed by atoms with Crippen molar-refractivity contribution < 1.29 is 14.3 Å². The molecule has 4 nitrogen and oxygen atoms in total. The number of ether oxygens (including phenoxy) is 2. The Kier molecular flexibility index (Phi) is 4.37. The van der Waals surface area contributed by atoms with E-state index in [9.17, 15) is 4.79 Å². The Hall–Kier alpha value is -1.91. The van der Waals surface area contributed by atoms with E-state index in [1.54, 1.807) is 38.5 Å². The SMILES string of the molecule is COc1cc2c(cc1OC)[C@H](c1c(Cl)cccc1Cl)CC(=O)N2. The fourth-order valence-electron chi connectivity index (χ4n) is 2.89. The predicted molar refractivity (Wildman–Crippen MR) is 91.1 cm³/mol. The Morgan fingerprint density at radius 3 is 2.30 bits per heavy atom. The minimum Gasteiger partial charge on any atom is -0.493 e. The van der Waals surface area contributed by atoms with Crippen LogP contribution in [0.5, 0.6) is 11.5 Å². The van der Waals surface area contributed by atoms with E-state index in [0.717, 1.165) is 11.1 Å². The highest BCUT2D eigenvalue weighted by Crippen LogP contribution is 2.46. The van der Waals surface area contributed by atoms with E-state index in [1.165, 1.54) is 0 Å². The number of nitrogens with one attached hydrogen (secondary N) is 1. The third-order valence-electron chi connectivity index (χ3n) is 3.94. The molecule has 1 aliphatic heterocycles. The van der Waals surface area contributed by atoms with Gasteiger partial charge in [0.2, 0.25) is 5.91 Å². The molecule has 1 heterocycles. The topological polar surface area (TPSA) is 47.6 Å². The highest BCUT2D eigenvalue weighted by Gasteiger charge is 2.31. The van der Waals surface area contributed by atoms with Crippen LogP contribution in [0.4, 0.5) is 5.69 Å². The lowest BCUT2D eigenvalue weighted by atomic mass is 9.84. The Balaban J connectivity index is 2.20. The molecule has 0 bridgehead atoms. The molecule has 0 fully saturated rings. The Morgan fingerprint density at radius 2 is 1.70 bits per heavy atom. The van der Waals surface area contributed by atoms with Crippen molar-refractivity contribution in [3.63, 3.8) is 0 Å². The lowest BCUT2D eigenvalue weighted by Gasteiger charge is -2.28. The van der Waals surface area contributed by atoms with Crippen LogP contribution in [0.15, 0.2) is 30.3 Å². The summed E-state index contributed by atoms with van der Waals surface area (Å²) in [6.07, 6.45) is 0.270. The number of halogens is 2. The number of methoxy groups -OCH3 is 2. The van der Waals surface area contributed by atoms with Crippen LogP contribution in [-0.2, 0) is 4.79 Å². The van der Waals surface area contributed by atoms with E-state index < -0.39 is 0 Å². The molecule has 0 radical (unpaired) electrons. The van der Waals surface area contributed by atoms with Gasteiger partial charge in [-0.25, -0.2) is 0 Å². The zero-order valence-corrected chi connectivity index (χ0v) is 14.2. The first-order valence-electron chi connectivity index (χ1n) is 7.04. The summed E-state index contributed by atoms with van der Waals surface area (Å²) in [4.78, 5) is 12.1. The number of amides is 1. The zero-order valence-electron chi connectivity index (χ0n) is 12.7. The maximum Gasteiger partial charge on any atom is 0.225 e. The maximum absolute atomic E-state index is 12.1. The summed E-state index contributed by atoms with van der Waals surface area (Å²) >= 11 is 12.7. The van der Waals surface area contributed by atoms with E-state index >= 15 is 0 Å². The first-order valence-corrected chi connectivity index (χ1v) is 7.80. The number of rotatable bonds is 3. The molecule has 0 aliphatic carbocycles. The largest absolute Gasteiger partial charge is 0.493 e. The minimum absolute atomic E-state index is 0.0919. The smallest absolute Gasteiger partial charge is 0.225 e. The normalized spacial score (nSPS) is 16.5. The summed E-state index contributed by atoms with van der Waals surface area (Å²) in [6.45, 7) is 0. The molecule has 0 saturated heterocycles. The molecule has 2 aromatic carbocycles. The molecule has 6 heteroatoms. The monoisotopic (exact) mass is 351 g/mol. The van der Waals surface area contributed by atoms with Crippen LogP contribution >= 0.6 is 23.2 Å². The van der Waals surface area contributed by atoms with E-state index in [1.807, 2.05) is 6.07 Å². The van der Waals surface area contributed by atoms with Crippen LogP contribution in [0.2, 0.25) is 10.0 Å². The second kappa shape index (κ2) is 6.30. The number of hydrogen-bond donors (Lipinski definition) is 1. The highest BCUT2D eigenvalue weighted by atomic mass is 35.5. The van der Waals surface area contributed by atoms with Gasteiger partial charge < -0.3 is 14.8 Å². The lowest BCUT2D eigenvalue weighted by molar-refractivity contribution is -0.116. The van der Waals surface area contributed by atoms with Crippen LogP contribution < -0.4 is 14.8 Å². The van der Waals surface area contributed by atoms with Gasteiger partial charge in [-0.3, -0.25) is 4.79 Å².